The highest BCUT2D eigenvalue weighted by atomic mass is 32.2. The molecule has 0 aromatic heterocycles. The van der Waals surface area contributed by atoms with Crippen molar-refractivity contribution in [2.24, 2.45) is 0 Å². The van der Waals surface area contributed by atoms with Crippen LogP contribution in [0.15, 0.2) is 24.3 Å². The quantitative estimate of drug-likeness (QED) is 0.829. The van der Waals surface area contributed by atoms with E-state index in [2.05, 4.69) is 5.32 Å². The molecular formula is C14H16N2O2S. The molecule has 4 nitrogen and oxygen atoms in total. The number of nitrogens with one attached hydrogen (secondary N) is 1. The molecule has 100 valence electrons. The zero-order valence-electron chi connectivity index (χ0n) is 10.6. The molecule has 1 N–H and O–H groups in total. The molecule has 1 aromatic carbocycles. The average Bonchev–Trinajstić information content (AvgIpc) is 2.47. The molecule has 0 bridgehead atoms. The van der Waals surface area contributed by atoms with Crippen LogP contribution in [0.3, 0.4) is 0 Å². The van der Waals surface area contributed by atoms with Gasteiger partial charge in [0.15, 0.2) is 0 Å². The maximum atomic E-state index is 12.4. The lowest BCUT2D eigenvalue weighted by Gasteiger charge is -2.32. The molecule has 0 radical (unpaired) electrons. The van der Waals surface area contributed by atoms with Crippen molar-refractivity contribution >= 4 is 23.6 Å². The van der Waals surface area contributed by atoms with Crippen molar-refractivity contribution in [2.45, 2.75) is 12.5 Å². The number of hydrogen-bond acceptors (Lipinski definition) is 3. The van der Waals surface area contributed by atoms with Crippen molar-refractivity contribution in [1.82, 2.24) is 10.2 Å². The minimum atomic E-state index is -0.398. The van der Waals surface area contributed by atoms with Crippen LogP contribution in [0.5, 0.6) is 0 Å². The number of fused-ring (bicyclic) bond motifs is 1. The van der Waals surface area contributed by atoms with E-state index in [0.717, 1.165) is 30.2 Å². The monoisotopic (exact) mass is 276 g/mol. The van der Waals surface area contributed by atoms with Crippen molar-refractivity contribution < 1.29 is 9.59 Å². The summed E-state index contributed by atoms with van der Waals surface area (Å²) in [4.78, 5) is 26.3. The van der Waals surface area contributed by atoms with Gasteiger partial charge in [0, 0.05) is 36.6 Å². The molecule has 5 heteroatoms. The van der Waals surface area contributed by atoms with Crippen molar-refractivity contribution in [2.75, 3.05) is 24.6 Å². The van der Waals surface area contributed by atoms with Gasteiger partial charge in [0.25, 0.3) is 5.91 Å². The summed E-state index contributed by atoms with van der Waals surface area (Å²) in [7, 11) is 0. The number of nitrogens with zero attached hydrogens (tertiary/aromatic N) is 1. The van der Waals surface area contributed by atoms with E-state index < -0.39 is 6.04 Å². The SMILES string of the molecule is O=C1NC(C(=O)N2CCSCC2)Cc2ccccc21. The first-order valence-electron chi connectivity index (χ1n) is 6.51. The van der Waals surface area contributed by atoms with E-state index >= 15 is 0 Å². The summed E-state index contributed by atoms with van der Waals surface area (Å²) < 4.78 is 0. The highest BCUT2D eigenvalue weighted by Crippen LogP contribution is 2.19. The van der Waals surface area contributed by atoms with Gasteiger partial charge in [-0.1, -0.05) is 18.2 Å². The average molecular weight is 276 g/mol. The van der Waals surface area contributed by atoms with Crippen LogP contribution in [0, 0.1) is 0 Å². The van der Waals surface area contributed by atoms with E-state index in [-0.39, 0.29) is 11.8 Å². The van der Waals surface area contributed by atoms with Crippen LogP contribution in [0.4, 0.5) is 0 Å². The van der Waals surface area contributed by atoms with Crippen LogP contribution in [-0.2, 0) is 11.2 Å². The molecule has 1 atom stereocenters. The Morgan fingerprint density at radius 3 is 2.79 bits per heavy atom. The van der Waals surface area contributed by atoms with Gasteiger partial charge in [-0.2, -0.15) is 11.8 Å². The van der Waals surface area contributed by atoms with Gasteiger partial charge in [-0.15, -0.1) is 0 Å². The molecule has 1 saturated heterocycles. The molecule has 2 aliphatic rings. The van der Waals surface area contributed by atoms with Crippen molar-refractivity contribution in [3.63, 3.8) is 0 Å². The summed E-state index contributed by atoms with van der Waals surface area (Å²) in [5.41, 5.74) is 1.66. The Morgan fingerprint density at radius 2 is 2.00 bits per heavy atom. The Morgan fingerprint density at radius 1 is 1.26 bits per heavy atom. The van der Waals surface area contributed by atoms with Crippen molar-refractivity contribution in [1.29, 1.82) is 0 Å². The molecule has 0 aliphatic carbocycles. The topological polar surface area (TPSA) is 49.4 Å². The maximum absolute atomic E-state index is 12.4. The number of hydrogen-bond donors (Lipinski definition) is 1. The molecule has 3 rings (SSSR count). The molecule has 19 heavy (non-hydrogen) atoms. The van der Waals surface area contributed by atoms with E-state index in [0.29, 0.717) is 12.0 Å². The summed E-state index contributed by atoms with van der Waals surface area (Å²) in [5.74, 6) is 1.90. The third-order valence-corrected chi connectivity index (χ3v) is 4.55. The molecule has 2 aliphatic heterocycles. The van der Waals surface area contributed by atoms with Gasteiger partial charge in [0.05, 0.1) is 0 Å². The Bertz CT molecular complexity index is 512. The predicted molar refractivity (Wildman–Crippen MR) is 75.3 cm³/mol. The first-order valence-corrected chi connectivity index (χ1v) is 7.66. The summed E-state index contributed by atoms with van der Waals surface area (Å²) in [6.07, 6.45) is 0.602. The normalized spacial score (nSPS) is 22.6. The lowest BCUT2D eigenvalue weighted by atomic mass is 9.94. The third-order valence-electron chi connectivity index (χ3n) is 3.61. The molecule has 1 unspecified atom stereocenters. The fourth-order valence-electron chi connectivity index (χ4n) is 2.58. The summed E-state index contributed by atoms with van der Waals surface area (Å²) in [5, 5.41) is 2.83. The second-order valence-electron chi connectivity index (χ2n) is 4.82. The molecule has 1 fully saturated rings. The first-order chi connectivity index (χ1) is 9.25. The second kappa shape index (κ2) is 5.25. The fourth-order valence-corrected chi connectivity index (χ4v) is 3.48. The molecule has 1 aromatic rings. The highest BCUT2D eigenvalue weighted by molar-refractivity contribution is 7.99. The van der Waals surface area contributed by atoms with Gasteiger partial charge >= 0.3 is 0 Å². The smallest absolute Gasteiger partial charge is 0.252 e. The van der Waals surface area contributed by atoms with E-state index in [4.69, 9.17) is 0 Å². The van der Waals surface area contributed by atoms with E-state index in [9.17, 15) is 9.59 Å². The zero-order chi connectivity index (χ0) is 13.2. The minimum Gasteiger partial charge on any atom is -0.340 e. The summed E-state index contributed by atoms with van der Waals surface area (Å²) >= 11 is 1.87. The zero-order valence-corrected chi connectivity index (χ0v) is 11.4. The van der Waals surface area contributed by atoms with Gasteiger partial charge in [-0.05, 0) is 11.6 Å². The van der Waals surface area contributed by atoms with E-state index in [1.165, 1.54) is 0 Å². The number of carbonyl (C=O) groups is 2. The molecule has 0 saturated carbocycles. The molecule has 2 heterocycles. The molecule has 0 spiro atoms. The predicted octanol–water partition coefficient (Wildman–Crippen LogP) is 0.916. The van der Waals surface area contributed by atoms with Gasteiger partial charge < -0.3 is 10.2 Å². The van der Waals surface area contributed by atoms with Gasteiger partial charge in [-0.25, -0.2) is 0 Å². The maximum Gasteiger partial charge on any atom is 0.252 e. The number of benzene rings is 1. The molecular weight excluding hydrogens is 260 g/mol. The van der Waals surface area contributed by atoms with Gasteiger partial charge in [-0.3, -0.25) is 9.59 Å². The van der Waals surface area contributed by atoms with Crippen LogP contribution in [-0.4, -0.2) is 47.4 Å². The minimum absolute atomic E-state index is 0.0585. The lowest BCUT2D eigenvalue weighted by Crippen LogP contribution is -2.53. The van der Waals surface area contributed by atoms with Crippen LogP contribution >= 0.6 is 11.8 Å². The van der Waals surface area contributed by atoms with Gasteiger partial charge in [0.1, 0.15) is 6.04 Å². The Balaban J connectivity index is 1.77. The number of thioether (sulfide) groups is 1. The van der Waals surface area contributed by atoms with Gasteiger partial charge in [0.2, 0.25) is 5.91 Å². The summed E-state index contributed by atoms with van der Waals surface area (Å²) in [6, 6.07) is 7.10. The number of carbonyl (C=O) groups excluding carboxylic acids is 2. The fraction of sp³-hybridized carbons (Fsp3) is 0.429. The van der Waals surface area contributed by atoms with Crippen molar-refractivity contribution in [3.8, 4) is 0 Å². The molecule has 2 amide bonds. The van der Waals surface area contributed by atoms with Crippen molar-refractivity contribution in [3.05, 3.63) is 35.4 Å². The van der Waals surface area contributed by atoms with E-state index in [1.807, 2.05) is 40.9 Å². The number of rotatable bonds is 1. The Labute approximate surface area is 116 Å². The highest BCUT2D eigenvalue weighted by Gasteiger charge is 2.31. The standard InChI is InChI=1S/C14H16N2O2S/c17-13-11-4-2-1-3-10(11)9-12(15-13)14(18)16-5-7-19-8-6-16/h1-4,12H,5-9H2,(H,15,17). The lowest BCUT2D eigenvalue weighted by molar-refractivity contribution is -0.132. The Kier molecular flexibility index (Phi) is 3.46. The summed E-state index contributed by atoms with van der Waals surface area (Å²) in [6.45, 7) is 1.58. The second-order valence-corrected chi connectivity index (χ2v) is 6.05. The first kappa shape index (κ1) is 12.5. The van der Waals surface area contributed by atoms with Crippen LogP contribution < -0.4 is 5.32 Å². The van der Waals surface area contributed by atoms with E-state index in [1.54, 1.807) is 0 Å². The van der Waals surface area contributed by atoms with Crippen LogP contribution in [0.1, 0.15) is 15.9 Å². The Hall–Kier alpha value is -1.49. The van der Waals surface area contributed by atoms with Crippen LogP contribution in [0.2, 0.25) is 0 Å². The van der Waals surface area contributed by atoms with Crippen LogP contribution in [0.25, 0.3) is 0 Å². The largest absolute Gasteiger partial charge is 0.340 e. The number of amides is 2. The third kappa shape index (κ3) is 2.47.